The Hall–Kier alpha value is -2.71. The molecule has 1 atom stereocenters. The fraction of sp³-hybridized carbons (Fsp3) is 0.462. The molecule has 1 fully saturated rings. The third-order valence-electron chi connectivity index (χ3n) is 3.80. The Morgan fingerprint density at radius 2 is 2.27 bits per heavy atom. The highest BCUT2D eigenvalue weighted by Crippen LogP contribution is 2.21. The van der Waals surface area contributed by atoms with Crippen LogP contribution in [0.25, 0.3) is 11.2 Å². The molecule has 116 valence electrons. The highest BCUT2D eigenvalue weighted by Gasteiger charge is 2.34. The number of amides is 1. The summed E-state index contributed by atoms with van der Waals surface area (Å²) in [6.07, 6.45) is 4.11. The van der Waals surface area contributed by atoms with Gasteiger partial charge in [0.1, 0.15) is 17.9 Å². The van der Waals surface area contributed by atoms with Crippen LogP contribution in [0.15, 0.2) is 12.7 Å². The fourth-order valence-electron chi connectivity index (χ4n) is 2.73. The second-order valence-corrected chi connectivity index (χ2v) is 5.24. The second-order valence-electron chi connectivity index (χ2n) is 5.24. The van der Waals surface area contributed by atoms with Crippen LogP contribution in [0.3, 0.4) is 0 Å². The minimum Gasteiger partial charge on any atom is -0.480 e. The summed E-state index contributed by atoms with van der Waals surface area (Å²) >= 11 is 0. The summed E-state index contributed by atoms with van der Waals surface area (Å²) in [5.74, 6) is -0.618. The number of rotatable bonds is 4. The first-order valence-electron chi connectivity index (χ1n) is 6.95. The number of anilines is 1. The normalized spacial score (nSPS) is 17.9. The number of carbonyl (C=O) groups is 2. The molecule has 0 aliphatic carbocycles. The van der Waals surface area contributed by atoms with Crippen molar-refractivity contribution in [1.82, 2.24) is 24.8 Å². The van der Waals surface area contributed by atoms with Gasteiger partial charge in [0.2, 0.25) is 5.91 Å². The molecule has 1 unspecified atom stereocenters. The van der Waals surface area contributed by atoms with E-state index in [9.17, 15) is 9.59 Å². The van der Waals surface area contributed by atoms with Crippen molar-refractivity contribution < 1.29 is 14.7 Å². The van der Waals surface area contributed by atoms with Crippen LogP contribution in [0.4, 0.5) is 5.82 Å². The highest BCUT2D eigenvalue weighted by atomic mass is 16.4. The van der Waals surface area contributed by atoms with Gasteiger partial charge < -0.3 is 19.9 Å². The average Bonchev–Trinajstić information content (AvgIpc) is 3.15. The van der Waals surface area contributed by atoms with Gasteiger partial charge in [-0.1, -0.05) is 0 Å². The third-order valence-corrected chi connectivity index (χ3v) is 3.80. The fourth-order valence-corrected chi connectivity index (χ4v) is 2.73. The Bertz CT molecular complexity index is 715. The monoisotopic (exact) mass is 304 g/mol. The molecule has 9 nitrogen and oxygen atoms in total. The number of H-pyrrole nitrogens is 1. The minimum atomic E-state index is -0.952. The molecule has 0 bridgehead atoms. The van der Waals surface area contributed by atoms with Gasteiger partial charge in [-0.05, 0) is 12.8 Å². The summed E-state index contributed by atoms with van der Waals surface area (Å²) in [4.78, 5) is 41.8. The number of carbonyl (C=O) groups excluding carboxylic acids is 1. The van der Waals surface area contributed by atoms with E-state index in [1.807, 2.05) is 0 Å². The lowest BCUT2D eigenvalue weighted by molar-refractivity contribution is -0.147. The highest BCUT2D eigenvalue weighted by molar-refractivity contribution is 5.89. The lowest BCUT2D eigenvalue weighted by Crippen LogP contribution is -2.45. The lowest BCUT2D eigenvalue weighted by atomic mass is 10.2. The smallest absolute Gasteiger partial charge is 0.326 e. The van der Waals surface area contributed by atoms with Crippen molar-refractivity contribution in [2.24, 2.45) is 0 Å². The van der Waals surface area contributed by atoms with Crippen LogP contribution >= 0.6 is 0 Å². The molecule has 2 aromatic heterocycles. The van der Waals surface area contributed by atoms with E-state index in [0.29, 0.717) is 36.4 Å². The van der Waals surface area contributed by atoms with E-state index in [4.69, 9.17) is 5.11 Å². The zero-order valence-electron chi connectivity index (χ0n) is 12.1. The van der Waals surface area contributed by atoms with Crippen LogP contribution in [-0.2, 0) is 9.59 Å². The molecule has 3 heterocycles. The summed E-state index contributed by atoms with van der Waals surface area (Å²) in [6, 6.07) is -0.724. The maximum absolute atomic E-state index is 12.4. The van der Waals surface area contributed by atoms with Crippen LogP contribution in [0.5, 0.6) is 0 Å². The van der Waals surface area contributed by atoms with E-state index in [2.05, 4.69) is 19.9 Å². The first-order valence-corrected chi connectivity index (χ1v) is 6.95. The Balaban J connectivity index is 1.76. The predicted octanol–water partition coefficient (Wildman–Crippen LogP) is -0.135. The van der Waals surface area contributed by atoms with Crippen molar-refractivity contribution >= 4 is 28.9 Å². The Morgan fingerprint density at radius 1 is 1.45 bits per heavy atom. The molecule has 2 N–H and O–H groups in total. The number of aromatic amines is 1. The maximum Gasteiger partial charge on any atom is 0.326 e. The topological polar surface area (TPSA) is 115 Å². The number of carboxylic acid groups (broad SMARTS) is 1. The number of hydrogen-bond acceptors (Lipinski definition) is 6. The summed E-state index contributed by atoms with van der Waals surface area (Å²) < 4.78 is 0. The first kappa shape index (κ1) is 14.2. The summed E-state index contributed by atoms with van der Waals surface area (Å²) in [5, 5.41) is 9.16. The minimum absolute atomic E-state index is 0.0505. The number of aliphatic carboxylic acids is 1. The number of nitrogens with one attached hydrogen (secondary N) is 1. The van der Waals surface area contributed by atoms with Crippen molar-refractivity contribution in [1.29, 1.82) is 0 Å². The van der Waals surface area contributed by atoms with Crippen LogP contribution in [0, 0.1) is 0 Å². The molecule has 1 saturated heterocycles. The lowest BCUT2D eigenvalue weighted by Gasteiger charge is -2.25. The molecular weight excluding hydrogens is 288 g/mol. The van der Waals surface area contributed by atoms with E-state index in [1.54, 1.807) is 11.9 Å². The average molecular weight is 304 g/mol. The zero-order chi connectivity index (χ0) is 15.7. The number of fused-ring (bicyclic) bond motifs is 1. The molecule has 9 heteroatoms. The van der Waals surface area contributed by atoms with Gasteiger partial charge in [-0.2, -0.15) is 0 Å². The van der Waals surface area contributed by atoms with Crippen LogP contribution in [0.2, 0.25) is 0 Å². The van der Waals surface area contributed by atoms with Gasteiger partial charge in [-0.15, -0.1) is 0 Å². The first-order chi connectivity index (χ1) is 10.6. The molecule has 0 radical (unpaired) electrons. The molecule has 0 aromatic carbocycles. The third kappa shape index (κ3) is 2.45. The molecule has 1 aliphatic heterocycles. The van der Waals surface area contributed by atoms with Crippen molar-refractivity contribution in [3.8, 4) is 0 Å². The van der Waals surface area contributed by atoms with Gasteiger partial charge in [-0.25, -0.2) is 19.7 Å². The van der Waals surface area contributed by atoms with Crippen LogP contribution in [-0.4, -0.2) is 68.0 Å². The quantitative estimate of drug-likeness (QED) is 0.808. The zero-order valence-corrected chi connectivity index (χ0v) is 12.1. The number of aromatic nitrogens is 4. The van der Waals surface area contributed by atoms with Crippen molar-refractivity contribution in [3.05, 3.63) is 12.7 Å². The molecule has 1 amide bonds. The Labute approximate surface area is 126 Å². The number of hydrogen-bond donors (Lipinski definition) is 2. The molecule has 0 saturated carbocycles. The second kappa shape index (κ2) is 5.58. The maximum atomic E-state index is 12.4. The van der Waals surface area contributed by atoms with Gasteiger partial charge >= 0.3 is 5.97 Å². The number of likely N-dealkylation sites (N-methyl/N-ethyl adjacent to an activating group) is 1. The van der Waals surface area contributed by atoms with Gasteiger partial charge in [0.05, 0.1) is 12.9 Å². The summed E-state index contributed by atoms with van der Waals surface area (Å²) in [7, 11) is 1.73. The van der Waals surface area contributed by atoms with E-state index in [0.717, 1.165) is 0 Å². The van der Waals surface area contributed by atoms with Crippen molar-refractivity contribution in [2.75, 3.05) is 25.0 Å². The predicted molar refractivity (Wildman–Crippen MR) is 77.3 cm³/mol. The molecule has 3 rings (SSSR count). The number of nitrogens with zero attached hydrogens (tertiary/aromatic N) is 5. The van der Waals surface area contributed by atoms with E-state index < -0.39 is 12.0 Å². The van der Waals surface area contributed by atoms with Gasteiger partial charge in [0.15, 0.2) is 11.5 Å². The molecule has 2 aromatic rings. The Morgan fingerprint density at radius 3 is 3.05 bits per heavy atom. The largest absolute Gasteiger partial charge is 0.480 e. The van der Waals surface area contributed by atoms with Gasteiger partial charge in [-0.3, -0.25) is 4.79 Å². The van der Waals surface area contributed by atoms with Crippen LogP contribution < -0.4 is 4.90 Å². The van der Waals surface area contributed by atoms with Crippen molar-refractivity contribution in [3.63, 3.8) is 0 Å². The standard InChI is InChI=1S/C13H16N6O3/c1-18(12-10-11(15-6-14-10)16-7-17-12)5-9(20)19-4-2-3-8(19)13(21)22/h6-8H,2-5H2,1H3,(H,21,22)(H,14,15,16,17). The molecular formula is C13H16N6O3. The number of carboxylic acids is 1. The molecule has 22 heavy (non-hydrogen) atoms. The number of imidazole rings is 1. The number of likely N-dealkylation sites (tertiary alicyclic amines) is 1. The van der Waals surface area contributed by atoms with Crippen LogP contribution in [0.1, 0.15) is 12.8 Å². The summed E-state index contributed by atoms with van der Waals surface area (Å²) in [5.41, 5.74) is 1.17. The van der Waals surface area contributed by atoms with Gasteiger partial charge in [0.25, 0.3) is 0 Å². The van der Waals surface area contributed by atoms with Gasteiger partial charge in [0, 0.05) is 13.6 Å². The van der Waals surface area contributed by atoms with Crippen molar-refractivity contribution in [2.45, 2.75) is 18.9 Å². The van der Waals surface area contributed by atoms with E-state index in [-0.39, 0.29) is 12.5 Å². The summed E-state index contributed by atoms with van der Waals surface area (Å²) in [6.45, 7) is 0.530. The molecule has 0 spiro atoms. The molecule has 1 aliphatic rings. The van der Waals surface area contributed by atoms with E-state index in [1.165, 1.54) is 17.6 Å². The SMILES string of the molecule is CN(CC(=O)N1CCCC1C(=O)O)c1ncnc2nc[nH]c12. The Kier molecular flexibility index (Phi) is 3.61. The van der Waals surface area contributed by atoms with E-state index >= 15 is 0 Å².